The molecule has 0 bridgehead atoms. The Bertz CT molecular complexity index is 563. The van der Waals surface area contributed by atoms with Crippen LogP contribution in [0, 0.1) is 5.92 Å². The maximum Gasteiger partial charge on any atom is 0.151 e. The van der Waals surface area contributed by atoms with Crippen LogP contribution in [-0.2, 0) is 16.3 Å². The number of rotatable bonds is 4. The van der Waals surface area contributed by atoms with Crippen LogP contribution in [0.5, 0.6) is 0 Å². The highest BCUT2D eigenvalue weighted by molar-refractivity contribution is 7.91. The van der Waals surface area contributed by atoms with Crippen LogP contribution in [0.3, 0.4) is 0 Å². The number of benzene rings is 1. The third-order valence-corrected chi connectivity index (χ3v) is 5.40. The number of thiocarbonyl (C=S) groups is 1. The quantitative estimate of drug-likeness (QED) is 0.854. The van der Waals surface area contributed by atoms with Gasteiger partial charge in [-0.25, -0.2) is 8.42 Å². The average Bonchev–Trinajstić information content (AvgIpc) is 3.04. The first-order valence-corrected chi connectivity index (χ1v) is 8.29. The van der Waals surface area contributed by atoms with Gasteiger partial charge in [0, 0.05) is 18.1 Å². The van der Waals surface area contributed by atoms with Gasteiger partial charge in [0.1, 0.15) is 0 Å². The monoisotopic (exact) mass is 283 g/mol. The molecule has 0 amide bonds. The lowest BCUT2D eigenvalue weighted by molar-refractivity contribution is 0.599. The molecule has 0 spiro atoms. The summed E-state index contributed by atoms with van der Waals surface area (Å²) < 4.78 is 23.4. The van der Waals surface area contributed by atoms with Crippen LogP contribution in [0.25, 0.3) is 0 Å². The van der Waals surface area contributed by atoms with Crippen LogP contribution in [0.15, 0.2) is 24.3 Å². The van der Waals surface area contributed by atoms with E-state index >= 15 is 0 Å². The maximum absolute atomic E-state index is 11.7. The fourth-order valence-corrected chi connectivity index (χ4v) is 4.52. The van der Waals surface area contributed by atoms with E-state index in [1.54, 1.807) is 0 Å². The predicted octanol–water partition coefficient (Wildman–Crippen LogP) is 1.66. The molecular weight excluding hydrogens is 266 g/mol. The molecule has 5 heteroatoms. The molecule has 1 aliphatic carbocycles. The summed E-state index contributed by atoms with van der Waals surface area (Å²) in [5.74, 6) is -0.272. The normalized spacial score (nSPS) is 26.9. The van der Waals surface area contributed by atoms with Crippen LogP contribution >= 0.6 is 12.2 Å². The molecular formula is C13H17NO2S2. The first kappa shape index (κ1) is 13.5. The SMILES string of the molecule is CCc1ccc([C@H]2[C@H](C(N)=S)[C@@H]2S(C)(=O)=O)cc1. The van der Waals surface area contributed by atoms with E-state index in [2.05, 4.69) is 6.92 Å². The van der Waals surface area contributed by atoms with Crippen LogP contribution in [0.2, 0.25) is 0 Å². The van der Waals surface area contributed by atoms with Crippen LogP contribution in [-0.4, -0.2) is 24.9 Å². The Balaban J connectivity index is 2.30. The summed E-state index contributed by atoms with van der Waals surface area (Å²) in [4.78, 5) is 0.301. The zero-order valence-electron chi connectivity index (χ0n) is 10.5. The van der Waals surface area contributed by atoms with Gasteiger partial charge in [-0.15, -0.1) is 0 Å². The van der Waals surface area contributed by atoms with Gasteiger partial charge in [-0.1, -0.05) is 43.4 Å². The van der Waals surface area contributed by atoms with E-state index in [-0.39, 0.29) is 11.8 Å². The van der Waals surface area contributed by atoms with Crippen molar-refractivity contribution in [1.29, 1.82) is 0 Å². The van der Waals surface area contributed by atoms with Gasteiger partial charge in [0.15, 0.2) is 9.84 Å². The molecule has 2 N–H and O–H groups in total. The van der Waals surface area contributed by atoms with E-state index in [0.717, 1.165) is 12.0 Å². The zero-order valence-corrected chi connectivity index (χ0v) is 12.1. The van der Waals surface area contributed by atoms with Crippen molar-refractivity contribution in [3.63, 3.8) is 0 Å². The molecule has 0 aliphatic heterocycles. The Morgan fingerprint density at radius 2 is 1.89 bits per heavy atom. The smallest absolute Gasteiger partial charge is 0.151 e. The minimum absolute atomic E-state index is 0.0663. The molecule has 1 fully saturated rings. The Hall–Kier alpha value is -0.940. The van der Waals surface area contributed by atoms with Crippen molar-refractivity contribution in [3.05, 3.63) is 35.4 Å². The van der Waals surface area contributed by atoms with E-state index in [1.807, 2.05) is 24.3 Å². The second kappa shape index (κ2) is 4.63. The maximum atomic E-state index is 11.7. The standard InChI is InChI=1S/C13H17NO2S2/c1-3-8-4-6-9(7-5-8)10-11(13(14)17)12(10)18(2,15)16/h4-7,10-12H,3H2,1-2H3,(H2,14,17)/t10-,11-,12+/m0/s1. The molecule has 2 rings (SSSR count). The van der Waals surface area contributed by atoms with Crippen molar-refractivity contribution in [3.8, 4) is 0 Å². The van der Waals surface area contributed by atoms with Gasteiger partial charge in [0.05, 0.1) is 10.2 Å². The Morgan fingerprint density at radius 3 is 2.22 bits per heavy atom. The molecule has 18 heavy (non-hydrogen) atoms. The third kappa shape index (κ3) is 2.42. The van der Waals surface area contributed by atoms with E-state index in [4.69, 9.17) is 18.0 Å². The molecule has 1 aliphatic rings. The molecule has 0 unspecified atom stereocenters. The fraction of sp³-hybridized carbons (Fsp3) is 0.462. The van der Waals surface area contributed by atoms with Gasteiger partial charge >= 0.3 is 0 Å². The fourth-order valence-electron chi connectivity index (χ4n) is 2.53. The topological polar surface area (TPSA) is 60.2 Å². The van der Waals surface area contributed by atoms with Crippen molar-refractivity contribution in [2.45, 2.75) is 24.5 Å². The lowest BCUT2D eigenvalue weighted by atomic mass is 10.1. The van der Waals surface area contributed by atoms with Crippen molar-refractivity contribution >= 4 is 27.0 Å². The molecule has 0 aromatic heterocycles. The summed E-state index contributed by atoms with van der Waals surface area (Å²) >= 11 is 4.97. The second-order valence-electron chi connectivity index (χ2n) is 4.84. The summed E-state index contributed by atoms with van der Waals surface area (Å²) in [6.45, 7) is 2.09. The molecule has 3 atom stereocenters. The molecule has 0 heterocycles. The molecule has 0 saturated heterocycles. The number of hydrogen-bond acceptors (Lipinski definition) is 3. The molecule has 1 saturated carbocycles. The van der Waals surface area contributed by atoms with Crippen molar-refractivity contribution in [2.75, 3.05) is 6.26 Å². The van der Waals surface area contributed by atoms with E-state index in [9.17, 15) is 8.42 Å². The molecule has 3 nitrogen and oxygen atoms in total. The Kier molecular flexibility index (Phi) is 3.47. The van der Waals surface area contributed by atoms with Crippen molar-refractivity contribution in [2.24, 2.45) is 11.7 Å². The number of hydrogen-bond donors (Lipinski definition) is 1. The summed E-state index contributed by atoms with van der Waals surface area (Å²) in [7, 11) is -3.10. The molecule has 0 radical (unpaired) electrons. The number of sulfone groups is 1. The highest BCUT2D eigenvalue weighted by atomic mass is 32.2. The highest BCUT2D eigenvalue weighted by Gasteiger charge is 2.58. The van der Waals surface area contributed by atoms with Crippen LogP contribution in [0.1, 0.15) is 24.0 Å². The first-order chi connectivity index (χ1) is 8.36. The van der Waals surface area contributed by atoms with Crippen molar-refractivity contribution in [1.82, 2.24) is 0 Å². The van der Waals surface area contributed by atoms with E-state index in [1.165, 1.54) is 11.8 Å². The van der Waals surface area contributed by atoms with Gasteiger partial charge in [0.2, 0.25) is 0 Å². The third-order valence-electron chi connectivity index (χ3n) is 3.55. The van der Waals surface area contributed by atoms with E-state index in [0.29, 0.717) is 4.99 Å². The van der Waals surface area contributed by atoms with Crippen molar-refractivity contribution < 1.29 is 8.42 Å². The van der Waals surface area contributed by atoms with Crippen LogP contribution in [0.4, 0.5) is 0 Å². The minimum Gasteiger partial charge on any atom is -0.393 e. The van der Waals surface area contributed by atoms with Gasteiger partial charge in [-0.3, -0.25) is 0 Å². The van der Waals surface area contributed by atoms with Crippen LogP contribution < -0.4 is 5.73 Å². The number of aryl methyl sites for hydroxylation is 1. The molecule has 1 aromatic carbocycles. The Morgan fingerprint density at radius 1 is 1.33 bits per heavy atom. The lowest BCUT2D eigenvalue weighted by Crippen LogP contribution is -2.16. The van der Waals surface area contributed by atoms with Gasteiger partial charge in [-0.05, 0) is 17.5 Å². The zero-order chi connectivity index (χ0) is 13.5. The number of nitrogens with two attached hydrogens (primary N) is 1. The summed E-state index contributed by atoms with van der Waals surface area (Å²) in [5.41, 5.74) is 7.89. The molecule has 1 aromatic rings. The summed E-state index contributed by atoms with van der Waals surface area (Å²) in [6.07, 6.45) is 2.22. The largest absolute Gasteiger partial charge is 0.393 e. The van der Waals surface area contributed by atoms with Gasteiger partial charge < -0.3 is 5.73 Å². The van der Waals surface area contributed by atoms with Gasteiger partial charge in [0.25, 0.3) is 0 Å². The summed E-state index contributed by atoms with van der Waals surface area (Å²) in [5, 5.41) is -0.442. The Labute approximate surface area is 113 Å². The summed E-state index contributed by atoms with van der Waals surface area (Å²) in [6, 6.07) is 8.03. The van der Waals surface area contributed by atoms with E-state index < -0.39 is 15.1 Å². The first-order valence-electron chi connectivity index (χ1n) is 5.93. The predicted molar refractivity (Wildman–Crippen MR) is 77.5 cm³/mol. The minimum atomic E-state index is -3.10. The van der Waals surface area contributed by atoms with Gasteiger partial charge in [-0.2, -0.15) is 0 Å². The lowest BCUT2D eigenvalue weighted by Gasteiger charge is -2.01. The highest BCUT2D eigenvalue weighted by Crippen LogP contribution is 2.52. The second-order valence-corrected chi connectivity index (χ2v) is 7.52. The molecule has 98 valence electrons. The average molecular weight is 283 g/mol.